The topological polar surface area (TPSA) is 60.1 Å². The van der Waals surface area contributed by atoms with Gasteiger partial charge >= 0.3 is 0 Å². The SMILES string of the molecule is COC(OC)c1ccc(C(C#N)CCCCn2ccnc2)cc1. The number of aryl methyl sites for hydroxylation is 1. The van der Waals surface area contributed by atoms with Crippen LogP contribution in [0.4, 0.5) is 0 Å². The Balaban J connectivity index is 1.86. The highest BCUT2D eigenvalue weighted by Gasteiger charge is 2.13. The van der Waals surface area contributed by atoms with Gasteiger partial charge in [-0.1, -0.05) is 30.7 Å². The van der Waals surface area contributed by atoms with Crippen molar-refractivity contribution in [3.63, 3.8) is 0 Å². The van der Waals surface area contributed by atoms with Crippen LogP contribution in [0.1, 0.15) is 42.6 Å². The van der Waals surface area contributed by atoms with Gasteiger partial charge in [0, 0.05) is 38.7 Å². The molecule has 0 radical (unpaired) electrons. The molecule has 0 aliphatic heterocycles. The molecule has 2 rings (SSSR count). The first kappa shape index (κ1) is 17.2. The number of ether oxygens (including phenoxy) is 2. The Morgan fingerprint density at radius 2 is 1.83 bits per heavy atom. The van der Waals surface area contributed by atoms with Crippen molar-refractivity contribution in [3.8, 4) is 6.07 Å². The Labute approximate surface area is 137 Å². The summed E-state index contributed by atoms with van der Waals surface area (Å²) in [6.45, 7) is 0.945. The minimum Gasteiger partial charge on any atom is -0.352 e. The summed E-state index contributed by atoms with van der Waals surface area (Å²) in [5, 5.41) is 9.42. The number of hydrogen-bond acceptors (Lipinski definition) is 4. The van der Waals surface area contributed by atoms with Crippen molar-refractivity contribution in [2.24, 2.45) is 0 Å². The van der Waals surface area contributed by atoms with Crippen LogP contribution in [-0.2, 0) is 16.0 Å². The number of rotatable bonds is 9. The largest absolute Gasteiger partial charge is 0.352 e. The molecule has 1 aromatic heterocycles. The van der Waals surface area contributed by atoms with E-state index < -0.39 is 0 Å². The van der Waals surface area contributed by atoms with E-state index in [1.807, 2.05) is 36.8 Å². The number of imidazole rings is 1. The minimum absolute atomic E-state index is 0.0737. The summed E-state index contributed by atoms with van der Waals surface area (Å²) in [5.41, 5.74) is 2.00. The molecule has 0 amide bonds. The van der Waals surface area contributed by atoms with Crippen LogP contribution < -0.4 is 0 Å². The lowest BCUT2D eigenvalue weighted by molar-refractivity contribution is -0.106. The lowest BCUT2D eigenvalue weighted by Crippen LogP contribution is -2.04. The monoisotopic (exact) mass is 313 g/mol. The van der Waals surface area contributed by atoms with Crippen molar-refractivity contribution in [2.75, 3.05) is 14.2 Å². The third kappa shape index (κ3) is 4.92. The van der Waals surface area contributed by atoms with Crippen molar-refractivity contribution in [2.45, 2.75) is 38.0 Å². The van der Waals surface area contributed by atoms with Crippen LogP contribution in [0.3, 0.4) is 0 Å². The highest BCUT2D eigenvalue weighted by Crippen LogP contribution is 2.24. The Bertz CT molecular complexity index is 598. The van der Waals surface area contributed by atoms with Gasteiger partial charge < -0.3 is 14.0 Å². The normalized spacial score (nSPS) is 12.3. The summed E-state index contributed by atoms with van der Waals surface area (Å²) in [7, 11) is 3.22. The molecule has 0 saturated carbocycles. The van der Waals surface area contributed by atoms with Crippen molar-refractivity contribution in [1.29, 1.82) is 5.26 Å². The van der Waals surface area contributed by atoms with Gasteiger partial charge in [-0.2, -0.15) is 5.26 Å². The third-order valence-corrected chi connectivity index (χ3v) is 3.91. The van der Waals surface area contributed by atoms with Gasteiger partial charge in [-0.3, -0.25) is 0 Å². The maximum atomic E-state index is 9.42. The van der Waals surface area contributed by atoms with Crippen molar-refractivity contribution >= 4 is 0 Å². The molecule has 0 N–H and O–H groups in total. The average molecular weight is 313 g/mol. The molecule has 0 aliphatic rings. The van der Waals surface area contributed by atoms with Crippen LogP contribution in [0.2, 0.25) is 0 Å². The lowest BCUT2D eigenvalue weighted by Gasteiger charge is -2.15. The zero-order chi connectivity index (χ0) is 16.5. The quantitative estimate of drug-likeness (QED) is 0.523. The molecule has 5 nitrogen and oxygen atoms in total. The Hall–Kier alpha value is -2.16. The standard InChI is InChI=1S/C18H23N3O2/c1-22-18(23-2)16-8-6-15(7-9-16)17(13-19)5-3-4-11-21-12-10-20-14-21/h6-10,12,14,17-18H,3-5,11H2,1-2H3. The molecule has 0 spiro atoms. The van der Waals surface area contributed by atoms with Crippen LogP contribution in [0, 0.1) is 11.3 Å². The molecule has 23 heavy (non-hydrogen) atoms. The number of nitriles is 1. The molecule has 1 atom stereocenters. The summed E-state index contributed by atoms with van der Waals surface area (Å²) >= 11 is 0. The first-order valence-corrected chi connectivity index (χ1v) is 7.79. The maximum Gasteiger partial charge on any atom is 0.183 e. The second-order valence-electron chi connectivity index (χ2n) is 5.45. The van der Waals surface area contributed by atoms with E-state index in [0.717, 1.165) is 36.9 Å². The van der Waals surface area contributed by atoms with Gasteiger partial charge in [-0.15, -0.1) is 0 Å². The fraction of sp³-hybridized carbons (Fsp3) is 0.444. The molecule has 0 bridgehead atoms. The van der Waals surface area contributed by atoms with Gasteiger partial charge in [0.25, 0.3) is 0 Å². The number of unbranched alkanes of at least 4 members (excludes halogenated alkanes) is 1. The molecule has 0 saturated heterocycles. The number of nitrogens with zero attached hydrogens (tertiary/aromatic N) is 3. The van der Waals surface area contributed by atoms with Gasteiger partial charge in [-0.25, -0.2) is 4.98 Å². The summed E-state index contributed by atoms with van der Waals surface area (Å²) < 4.78 is 12.5. The average Bonchev–Trinajstić information content (AvgIpc) is 3.10. The van der Waals surface area contributed by atoms with Crippen molar-refractivity contribution in [3.05, 3.63) is 54.1 Å². The van der Waals surface area contributed by atoms with Crippen molar-refractivity contribution in [1.82, 2.24) is 9.55 Å². The zero-order valence-corrected chi connectivity index (χ0v) is 13.7. The van der Waals surface area contributed by atoms with Crippen LogP contribution in [-0.4, -0.2) is 23.8 Å². The van der Waals surface area contributed by atoms with Gasteiger partial charge in [-0.05, 0) is 18.4 Å². The molecule has 1 heterocycles. The highest BCUT2D eigenvalue weighted by molar-refractivity contribution is 5.29. The molecule has 1 unspecified atom stereocenters. The van der Waals surface area contributed by atoms with E-state index >= 15 is 0 Å². The molecule has 2 aromatic rings. The fourth-order valence-corrected chi connectivity index (χ4v) is 2.62. The van der Waals surface area contributed by atoms with Crippen molar-refractivity contribution < 1.29 is 9.47 Å². The van der Waals surface area contributed by atoms with Crippen LogP contribution in [0.5, 0.6) is 0 Å². The number of hydrogen-bond donors (Lipinski definition) is 0. The highest BCUT2D eigenvalue weighted by atomic mass is 16.7. The molecular weight excluding hydrogens is 290 g/mol. The lowest BCUT2D eigenvalue weighted by atomic mass is 9.94. The number of benzene rings is 1. The predicted molar refractivity (Wildman–Crippen MR) is 87.6 cm³/mol. The molecule has 0 fully saturated rings. The summed E-state index contributed by atoms with van der Waals surface area (Å²) in [5.74, 6) is -0.0737. The molecule has 0 aliphatic carbocycles. The Morgan fingerprint density at radius 1 is 1.13 bits per heavy atom. The van der Waals surface area contributed by atoms with Crippen LogP contribution in [0.15, 0.2) is 43.0 Å². The first-order valence-electron chi connectivity index (χ1n) is 7.79. The summed E-state index contributed by atoms with van der Waals surface area (Å²) in [6, 6.07) is 10.3. The van der Waals surface area contributed by atoms with E-state index in [4.69, 9.17) is 9.47 Å². The van der Waals surface area contributed by atoms with E-state index in [1.165, 1.54) is 0 Å². The van der Waals surface area contributed by atoms with Gasteiger partial charge in [0.15, 0.2) is 6.29 Å². The van der Waals surface area contributed by atoms with E-state index in [1.54, 1.807) is 20.4 Å². The second kappa shape index (κ2) is 9.09. The number of aromatic nitrogens is 2. The smallest absolute Gasteiger partial charge is 0.183 e. The molecule has 1 aromatic carbocycles. The van der Waals surface area contributed by atoms with Gasteiger partial charge in [0.1, 0.15) is 0 Å². The summed E-state index contributed by atoms with van der Waals surface area (Å²) in [6.07, 6.45) is 8.12. The molecule has 122 valence electrons. The minimum atomic E-state index is -0.361. The fourth-order valence-electron chi connectivity index (χ4n) is 2.62. The van der Waals surface area contributed by atoms with Crippen LogP contribution >= 0.6 is 0 Å². The predicted octanol–water partition coefficient (Wildman–Crippen LogP) is 3.65. The zero-order valence-electron chi connectivity index (χ0n) is 13.7. The first-order chi connectivity index (χ1) is 11.3. The van der Waals surface area contributed by atoms with E-state index in [-0.39, 0.29) is 12.2 Å². The van der Waals surface area contributed by atoms with E-state index in [9.17, 15) is 5.26 Å². The van der Waals surface area contributed by atoms with E-state index in [2.05, 4.69) is 15.6 Å². The molecular formula is C18H23N3O2. The van der Waals surface area contributed by atoms with Gasteiger partial charge in [0.05, 0.1) is 18.3 Å². The van der Waals surface area contributed by atoms with Crippen LogP contribution in [0.25, 0.3) is 0 Å². The Kier molecular flexibility index (Phi) is 6.79. The summed E-state index contributed by atoms with van der Waals surface area (Å²) in [4.78, 5) is 4.03. The maximum absolute atomic E-state index is 9.42. The second-order valence-corrected chi connectivity index (χ2v) is 5.45. The molecule has 5 heteroatoms. The van der Waals surface area contributed by atoms with Gasteiger partial charge in [0.2, 0.25) is 0 Å². The Morgan fingerprint density at radius 3 is 2.39 bits per heavy atom. The number of methoxy groups -OCH3 is 2. The third-order valence-electron chi connectivity index (χ3n) is 3.91. The van der Waals surface area contributed by atoms with E-state index in [0.29, 0.717) is 0 Å².